The van der Waals surface area contributed by atoms with Gasteiger partial charge in [-0.05, 0) is 37.6 Å². The first kappa shape index (κ1) is 11.1. The zero-order valence-corrected chi connectivity index (χ0v) is 9.67. The molecule has 3 heteroatoms. The smallest absolute Gasteiger partial charge is 0.111 e. The topological polar surface area (TPSA) is 25.4 Å². The fraction of sp³-hybridized carbons (Fsp3) is 0.462. The molecule has 0 N–H and O–H groups in total. The van der Waals surface area contributed by atoms with Crippen molar-refractivity contribution in [3.8, 4) is 0 Å². The molecule has 1 aliphatic heterocycles. The van der Waals surface area contributed by atoms with Crippen molar-refractivity contribution < 1.29 is 4.74 Å². The van der Waals surface area contributed by atoms with Crippen LogP contribution in [-0.2, 0) is 11.3 Å². The molecule has 1 aromatic rings. The number of hydrogen-bond donors (Lipinski definition) is 0. The summed E-state index contributed by atoms with van der Waals surface area (Å²) in [6.45, 7) is 1.90. The summed E-state index contributed by atoms with van der Waals surface area (Å²) in [4.78, 5) is 6.39. The largest absolute Gasteiger partial charge is 0.497 e. The quantitative estimate of drug-likeness (QED) is 0.774. The van der Waals surface area contributed by atoms with Gasteiger partial charge in [-0.3, -0.25) is 9.88 Å². The van der Waals surface area contributed by atoms with Crippen LogP contribution in [0.4, 0.5) is 0 Å². The van der Waals surface area contributed by atoms with Gasteiger partial charge in [-0.2, -0.15) is 0 Å². The van der Waals surface area contributed by atoms with Crippen LogP contribution in [0.2, 0.25) is 0 Å². The first-order valence-corrected chi connectivity index (χ1v) is 5.72. The highest BCUT2D eigenvalue weighted by Gasteiger charge is 2.13. The molecule has 16 heavy (non-hydrogen) atoms. The van der Waals surface area contributed by atoms with Gasteiger partial charge in [0, 0.05) is 25.5 Å². The number of aromatic nitrogens is 1. The van der Waals surface area contributed by atoms with E-state index in [0.29, 0.717) is 6.10 Å². The predicted molar refractivity (Wildman–Crippen MR) is 63.8 cm³/mol. The Morgan fingerprint density at radius 1 is 1.56 bits per heavy atom. The number of ether oxygens (including phenoxy) is 1. The second kappa shape index (κ2) is 5.66. The molecule has 0 aliphatic carbocycles. The molecule has 1 aliphatic rings. The molecule has 0 amide bonds. The van der Waals surface area contributed by atoms with Crippen molar-refractivity contribution in [1.82, 2.24) is 9.88 Å². The maximum Gasteiger partial charge on any atom is 0.111 e. The Bertz CT molecular complexity index is 337. The summed E-state index contributed by atoms with van der Waals surface area (Å²) in [6, 6.07) is 4.08. The van der Waals surface area contributed by atoms with Crippen molar-refractivity contribution in [2.24, 2.45) is 0 Å². The highest BCUT2D eigenvalue weighted by molar-refractivity contribution is 5.07. The van der Waals surface area contributed by atoms with E-state index >= 15 is 0 Å². The maximum atomic E-state index is 5.55. The summed E-state index contributed by atoms with van der Waals surface area (Å²) in [7, 11) is 2.12. The van der Waals surface area contributed by atoms with Gasteiger partial charge in [0.25, 0.3) is 0 Å². The van der Waals surface area contributed by atoms with Crippen molar-refractivity contribution in [2.75, 3.05) is 13.6 Å². The Balaban J connectivity index is 1.80. The van der Waals surface area contributed by atoms with Crippen LogP contribution in [0, 0.1) is 0 Å². The van der Waals surface area contributed by atoms with Gasteiger partial charge in [-0.25, -0.2) is 0 Å². The lowest BCUT2D eigenvalue weighted by Crippen LogP contribution is -2.30. The van der Waals surface area contributed by atoms with Crippen LogP contribution in [0.25, 0.3) is 0 Å². The Labute approximate surface area is 96.7 Å². The Morgan fingerprint density at radius 2 is 2.50 bits per heavy atom. The van der Waals surface area contributed by atoms with Crippen LogP contribution < -0.4 is 0 Å². The summed E-state index contributed by atoms with van der Waals surface area (Å²) in [6.07, 6.45) is 10.2. The third-order valence-corrected chi connectivity index (χ3v) is 2.71. The molecular formula is C13H18N2O. The molecule has 0 fully saturated rings. The highest BCUT2D eigenvalue weighted by atomic mass is 16.5. The third kappa shape index (κ3) is 3.35. The second-order valence-corrected chi connectivity index (χ2v) is 4.27. The zero-order valence-electron chi connectivity index (χ0n) is 9.67. The molecule has 0 saturated carbocycles. The van der Waals surface area contributed by atoms with Gasteiger partial charge in [-0.1, -0.05) is 6.07 Å². The molecule has 2 rings (SSSR count). The third-order valence-electron chi connectivity index (χ3n) is 2.71. The minimum absolute atomic E-state index is 0.340. The van der Waals surface area contributed by atoms with Gasteiger partial charge in [0.1, 0.15) is 6.10 Å². The van der Waals surface area contributed by atoms with Crippen molar-refractivity contribution in [3.05, 3.63) is 42.4 Å². The van der Waals surface area contributed by atoms with E-state index in [4.69, 9.17) is 4.74 Å². The van der Waals surface area contributed by atoms with E-state index in [1.165, 1.54) is 5.56 Å². The number of hydrogen-bond acceptors (Lipinski definition) is 3. The Morgan fingerprint density at radius 3 is 3.19 bits per heavy atom. The van der Waals surface area contributed by atoms with Gasteiger partial charge < -0.3 is 4.74 Å². The van der Waals surface area contributed by atoms with Crippen molar-refractivity contribution in [2.45, 2.75) is 25.5 Å². The average molecular weight is 218 g/mol. The molecule has 0 spiro atoms. The molecule has 2 heterocycles. The SMILES string of the molecule is CN(Cc1cccnc1)CC1CCC=CO1. The lowest BCUT2D eigenvalue weighted by atomic mass is 10.1. The van der Waals surface area contributed by atoms with Crippen LogP contribution >= 0.6 is 0 Å². The molecule has 3 nitrogen and oxygen atoms in total. The fourth-order valence-corrected chi connectivity index (χ4v) is 1.93. The zero-order chi connectivity index (χ0) is 11.2. The number of likely N-dealkylation sites (N-methyl/N-ethyl adjacent to an activating group) is 1. The van der Waals surface area contributed by atoms with Gasteiger partial charge >= 0.3 is 0 Å². The van der Waals surface area contributed by atoms with Crippen LogP contribution in [0.15, 0.2) is 36.9 Å². The molecule has 0 bridgehead atoms. The predicted octanol–water partition coefficient (Wildman–Crippen LogP) is 2.21. The first-order chi connectivity index (χ1) is 7.84. The van der Waals surface area contributed by atoms with E-state index in [1.807, 2.05) is 18.5 Å². The summed E-state index contributed by atoms with van der Waals surface area (Å²) >= 11 is 0. The number of rotatable bonds is 4. The Kier molecular flexibility index (Phi) is 3.94. The van der Waals surface area contributed by atoms with Crippen molar-refractivity contribution in [1.29, 1.82) is 0 Å². The van der Waals surface area contributed by atoms with Gasteiger partial charge in [0.2, 0.25) is 0 Å². The molecule has 86 valence electrons. The van der Waals surface area contributed by atoms with Crippen LogP contribution in [-0.4, -0.2) is 29.6 Å². The fourth-order valence-electron chi connectivity index (χ4n) is 1.93. The van der Waals surface area contributed by atoms with Gasteiger partial charge in [0.15, 0.2) is 0 Å². The number of allylic oxidation sites excluding steroid dienone is 1. The lowest BCUT2D eigenvalue weighted by molar-refractivity contribution is 0.0859. The molecule has 1 atom stereocenters. The molecule has 0 aromatic carbocycles. The molecule has 1 unspecified atom stereocenters. The van der Waals surface area contributed by atoms with Crippen LogP contribution in [0.5, 0.6) is 0 Å². The van der Waals surface area contributed by atoms with Gasteiger partial charge in [-0.15, -0.1) is 0 Å². The average Bonchev–Trinajstić information content (AvgIpc) is 2.31. The molecule has 0 radical (unpaired) electrons. The highest BCUT2D eigenvalue weighted by Crippen LogP contribution is 2.12. The first-order valence-electron chi connectivity index (χ1n) is 5.72. The molecular weight excluding hydrogens is 200 g/mol. The summed E-state index contributed by atoms with van der Waals surface area (Å²) in [5, 5.41) is 0. The maximum absolute atomic E-state index is 5.55. The summed E-state index contributed by atoms with van der Waals surface area (Å²) in [5.41, 5.74) is 1.25. The minimum atomic E-state index is 0.340. The second-order valence-electron chi connectivity index (χ2n) is 4.27. The van der Waals surface area contributed by atoms with E-state index in [1.54, 1.807) is 6.20 Å². The summed E-state index contributed by atoms with van der Waals surface area (Å²) < 4.78 is 5.55. The number of nitrogens with zero attached hydrogens (tertiary/aromatic N) is 2. The molecule has 0 saturated heterocycles. The lowest BCUT2D eigenvalue weighted by Gasteiger charge is -2.25. The van der Waals surface area contributed by atoms with Crippen molar-refractivity contribution in [3.63, 3.8) is 0 Å². The Hall–Kier alpha value is -1.35. The van der Waals surface area contributed by atoms with E-state index in [2.05, 4.69) is 29.1 Å². The summed E-state index contributed by atoms with van der Waals surface area (Å²) in [5.74, 6) is 0. The van der Waals surface area contributed by atoms with E-state index in [9.17, 15) is 0 Å². The van der Waals surface area contributed by atoms with E-state index < -0.39 is 0 Å². The molecule has 1 aromatic heterocycles. The van der Waals surface area contributed by atoms with Crippen LogP contribution in [0.3, 0.4) is 0 Å². The normalized spacial score (nSPS) is 19.8. The minimum Gasteiger partial charge on any atom is -0.497 e. The number of pyridine rings is 1. The van der Waals surface area contributed by atoms with Gasteiger partial charge in [0.05, 0.1) is 6.26 Å². The van der Waals surface area contributed by atoms with Crippen LogP contribution in [0.1, 0.15) is 18.4 Å². The van der Waals surface area contributed by atoms with Crippen molar-refractivity contribution >= 4 is 0 Å². The standard InChI is InChI=1S/C13H18N2O/c1-15(10-12-5-4-7-14-9-12)11-13-6-2-3-8-16-13/h3-5,7-9,13H,2,6,10-11H2,1H3. The van der Waals surface area contributed by atoms with E-state index in [-0.39, 0.29) is 0 Å². The monoisotopic (exact) mass is 218 g/mol. The van der Waals surface area contributed by atoms with E-state index in [0.717, 1.165) is 25.9 Å².